The third-order valence-electron chi connectivity index (χ3n) is 1.77. The van der Waals surface area contributed by atoms with Gasteiger partial charge in [-0.15, -0.1) is 10.2 Å². The first-order valence-electron chi connectivity index (χ1n) is 4.06. The first-order chi connectivity index (χ1) is 6.18. The fourth-order valence-corrected chi connectivity index (χ4v) is 1.54. The van der Waals surface area contributed by atoms with E-state index in [-0.39, 0.29) is 0 Å². The Bertz CT molecular complexity index is 435. The van der Waals surface area contributed by atoms with Gasteiger partial charge in [-0.25, -0.2) is 0 Å². The van der Waals surface area contributed by atoms with Crippen molar-refractivity contribution in [1.29, 1.82) is 0 Å². The van der Waals surface area contributed by atoms with E-state index in [1.807, 2.05) is 12.1 Å². The molecule has 0 aliphatic carbocycles. The van der Waals surface area contributed by atoms with Gasteiger partial charge < -0.3 is 0 Å². The van der Waals surface area contributed by atoms with Crippen LogP contribution in [0, 0.1) is 3.70 Å². The average molecular weight is 288 g/mol. The molecule has 0 spiro atoms. The lowest BCUT2D eigenvalue weighted by Crippen LogP contribution is -2.01. The van der Waals surface area contributed by atoms with Crippen molar-refractivity contribution >= 4 is 28.2 Å². The number of hydrogen-bond acceptors (Lipinski definition) is 3. The molecular formula is C8H9IN4. The second-order valence-electron chi connectivity index (χ2n) is 3.14. The van der Waals surface area contributed by atoms with E-state index in [4.69, 9.17) is 0 Å². The van der Waals surface area contributed by atoms with Crippen molar-refractivity contribution < 1.29 is 0 Å². The summed E-state index contributed by atoms with van der Waals surface area (Å²) in [5.41, 5.74) is 0.809. The zero-order valence-corrected chi connectivity index (χ0v) is 9.56. The van der Waals surface area contributed by atoms with Gasteiger partial charge in [0.1, 0.15) is 3.70 Å². The van der Waals surface area contributed by atoms with E-state index in [1.54, 1.807) is 4.52 Å². The van der Waals surface area contributed by atoms with E-state index in [0.29, 0.717) is 5.92 Å². The summed E-state index contributed by atoms with van der Waals surface area (Å²) in [6.45, 7) is 4.16. The van der Waals surface area contributed by atoms with Crippen molar-refractivity contribution in [1.82, 2.24) is 19.8 Å². The lowest BCUT2D eigenvalue weighted by atomic mass is 10.2. The predicted molar refractivity (Wildman–Crippen MR) is 57.6 cm³/mol. The number of aromatic nitrogens is 4. The summed E-state index contributed by atoms with van der Waals surface area (Å²) >= 11 is 2.18. The molecule has 5 heteroatoms. The van der Waals surface area contributed by atoms with Crippen LogP contribution in [0.25, 0.3) is 5.65 Å². The highest BCUT2D eigenvalue weighted by Gasteiger charge is 2.09. The highest BCUT2D eigenvalue weighted by molar-refractivity contribution is 14.1. The molecule has 13 heavy (non-hydrogen) atoms. The Morgan fingerprint density at radius 3 is 2.77 bits per heavy atom. The number of rotatable bonds is 1. The molecule has 0 N–H and O–H groups in total. The lowest BCUT2D eigenvalue weighted by Gasteiger charge is -2.00. The summed E-state index contributed by atoms with van der Waals surface area (Å²) in [6.07, 6.45) is 0. The molecule has 68 valence electrons. The molecule has 2 heterocycles. The number of fused-ring (bicyclic) bond motifs is 1. The second kappa shape index (κ2) is 3.21. The SMILES string of the molecule is CC(C)c1nnc2ccc(I)nn12. The Morgan fingerprint density at radius 1 is 1.31 bits per heavy atom. The Labute approximate surface area is 89.5 Å². The number of halogens is 1. The van der Waals surface area contributed by atoms with Crippen molar-refractivity contribution in [3.63, 3.8) is 0 Å². The van der Waals surface area contributed by atoms with Crippen LogP contribution in [0.2, 0.25) is 0 Å². The highest BCUT2D eigenvalue weighted by atomic mass is 127. The Kier molecular flexibility index (Phi) is 2.19. The van der Waals surface area contributed by atoms with E-state index < -0.39 is 0 Å². The van der Waals surface area contributed by atoms with E-state index >= 15 is 0 Å². The number of hydrogen-bond donors (Lipinski definition) is 0. The van der Waals surface area contributed by atoms with Crippen LogP contribution in [0.4, 0.5) is 0 Å². The van der Waals surface area contributed by atoms with Gasteiger partial charge in [-0.2, -0.15) is 9.61 Å². The zero-order chi connectivity index (χ0) is 9.42. The van der Waals surface area contributed by atoms with E-state index in [2.05, 4.69) is 51.7 Å². The molecule has 2 aromatic rings. The van der Waals surface area contributed by atoms with Crippen LogP contribution in [-0.2, 0) is 0 Å². The molecule has 0 atom stereocenters. The third kappa shape index (κ3) is 1.52. The molecule has 0 bridgehead atoms. The fourth-order valence-electron chi connectivity index (χ4n) is 1.14. The molecule has 4 nitrogen and oxygen atoms in total. The maximum absolute atomic E-state index is 4.34. The molecule has 2 rings (SSSR count). The monoisotopic (exact) mass is 288 g/mol. The average Bonchev–Trinajstić information content (AvgIpc) is 2.46. The molecule has 2 aromatic heterocycles. The Morgan fingerprint density at radius 2 is 2.08 bits per heavy atom. The van der Waals surface area contributed by atoms with Gasteiger partial charge in [0.15, 0.2) is 11.5 Å². The van der Waals surface area contributed by atoms with Gasteiger partial charge in [-0.1, -0.05) is 13.8 Å². The molecule has 0 radical (unpaired) electrons. The normalized spacial score (nSPS) is 11.4. The maximum Gasteiger partial charge on any atom is 0.177 e. The van der Waals surface area contributed by atoms with Crippen LogP contribution in [-0.4, -0.2) is 19.8 Å². The molecule has 0 fully saturated rings. The first-order valence-corrected chi connectivity index (χ1v) is 5.14. The second-order valence-corrected chi connectivity index (χ2v) is 4.24. The molecule has 0 saturated carbocycles. The largest absolute Gasteiger partial charge is 0.196 e. The minimum atomic E-state index is 0.348. The standard InChI is InChI=1S/C8H9IN4/c1-5(2)8-11-10-7-4-3-6(9)12-13(7)8/h3-5H,1-2H3. The van der Waals surface area contributed by atoms with Gasteiger partial charge in [0.25, 0.3) is 0 Å². The van der Waals surface area contributed by atoms with Gasteiger partial charge in [-0.05, 0) is 34.7 Å². The maximum atomic E-state index is 4.34. The van der Waals surface area contributed by atoms with Crippen LogP contribution in [0.15, 0.2) is 12.1 Å². The van der Waals surface area contributed by atoms with E-state index in [9.17, 15) is 0 Å². The van der Waals surface area contributed by atoms with E-state index in [0.717, 1.165) is 15.2 Å². The number of nitrogens with zero attached hydrogens (tertiary/aromatic N) is 4. The summed E-state index contributed by atoms with van der Waals surface area (Å²) in [5.74, 6) is 1.26. The minimum Gasteiger partial charge on any atom is -0.196 e. The van der Waals surface area contributed by atoms with Crippen LogP contribution in [0.1, 0.15) is 25.6 Å². The summed E-state index contributed by atoms with van der Waals surface area (Å²) in [6, 6.07) is 3.85. The van der Waals surface area contributed by atoms with E-state index in [1.165, 1.54) is 0 Å². The minimum absolute atomic E-state index is 0.348. The lowest BCUT2D eigenvalue weighted by molar-refractivity contribution is 0.716. The van der Waals surface area contributed by atoms with Crippen molar-refractivity contribution in [2.45, 2.75) is 19.8 Å². The molecule has 0 aromatic carbocycles. The van der Waals surface area contributed by atoms with Crippen LogP contribution < -0.4 is 0 Å². The summed E-state index contributed by atoms with van der Waals surface area (Å²) in [4.78, 5) is 0. The molecule has 0 aliphatic heterocycles. The van der Waals surface area contributed by atoms with Crippen molar-refractivity contribution in [3.8, 4) is 0 Å². The van der Waals surface area contributed by atoms with Gasteiger partial charge in [0.2, 0.25) is 0 Å². The zero-order valence-electron chi connectivity index (χ0n) is 7.40. The summed E-state index contributed by atoms with van der Waals surface area (Å²) < 4.78 is 2.75. The molecule has 0 amide bonds. The molecule has 0 saturated heterocycles. The fraction of sp³-hybridized carbons (Fsp3) is 0.375. The first kappa shape index (κ1) is 8.86. The Balaban J connectivity index is 2.71. The Hall–Kier alpha value is -0.720. The van der Waals surface area contributed by atoms with Gasteiger partial charge in [-0.3, -0.25) is 0 Å². The van der Waals surface area contributed by atoms with Gasteiger partial charge in [0.05, 0.1) is 0 Å². The summed E-state index contributed by atoms with van der Waals surface area (Å²) in [5, 5.41) is 12.4. The van der Waals surface area contributed by atoms with Crippen LogP contribution >= 0.6 is 22.6 Å². The quantitative estimate of drug-likeness (QED) is 0.752. The smallest absolute Gasteiger partial charge is 0.177 e. The van der Waals surface area contributed by atoms with Crippen LogP contribution in [0.3, 0.4) is 0 Å². The van der Waals surface area contributed by atoms with Crippen molar-refractivity contribution in [2.75, 3.05) is 0 Å². The van der Waals surface area contributed by atoms with Crippen molar-refractivity contribution in [3.05, 3.63) is 21.7 Å². The third-order valence-corrected chi connectivity index (χ3v) is 2.35. The van der Waals surface area contributed by atoms with Crippen molar-refractivity contribution in [2.24, 2.45) is 0 Å². The van der Waals surface area contributed by atoms with Gasteiger partial charge >= 0.3 is 0 Å². The highest BCUT2D eigenvalue weighted by Crippen LogP contribution is 2.12. The molecule has 0 aliphatic rings. The van der Waals surface area contributed by atoms with Gasteiger partial charge in [0, 0.05) is 5.92 Å². The van der Waals surface area contributed by atoms with Crippen LogP contribution in [0.5, 0.6) is 0 Å². The predicted octanol–water partition coefficient (Wildman–Crippen LogP) is 1.85. The summed E-state index contributed by atoms with van der Waals surface area (Å²) in [7, 11) is 0. The topological polar surface area (TPSA) is 43.1 Å². The molecular weight excluding hydrogens is 279 g/mol. The molecule has 0 unspecified atom stereocenters.